The number of aryl methyl sites for hydroxylation is 1. The Labute approximate surface area is 216 Å². The first-order valence-electron chi connectivity index (χ1n) is 12.0. The molecule has 0 radical (unpaired) electrons. The molecule has 2 heterocycles. The molecule has 0 spiro atoms. The van der Waals surface area contributed by atoms with Gasteiger partial charge in [-0.25, -0.2) is 9.78 Å². The van der Waals surface area contributed by atoms with Crippen molar-refractivity contribution in [3.63, 3.8) is 0 Å². The minimum Gasteiger partial charge on any atom is -0.496 e. The molecule has 9 nitrogen and oxygen atoms in total. The number of rotatable bonds is 8. The first-order chi connectivity index (χ1) is 17.4. The van der Waals surface area contributed by atoms with Crippen LogP contribution in [-0.2, 0) is 17.1 Å². The summed E-state index contributed by atoms with van der Waals surface area (Å²) in [6.07, 6.45) is 0.335. The van der Waals surface area contributed by atoms with Crippen molar-refractivity contribution in [2.24, 2.45) is 0 Å². The van der Waals surface area contributed by atoms with E-state index in [9.17, 15) is 20.3 Å². The Hall–Kier alpha value is -3.65. The molecule has 1 atom stereocenters. The van der Waals surface area contributed by atoms with Gasteiger partial charge in [0, 0.05) is 31.8 Å². The third-order valence-corrected chi connectivity index (χ3v) is 8.27. The van der Waals surface area contributed by atoms with Gasteiger partial charge in [0.2, 0.25) is 0 Å². The smallest absolute Gasteiger partial charge is 0.416 e. The number of aliphatic hydroxyl groups is 1. The Morgan fingerprint density at radius 1 is 1.24 bits per heavy atom. The molecule has 0 bridgehead atoms. The number of hydrogen-bond donors (Lipinski definition) is 2. The van der Waals surface area contributed by atoms with Crippen LogP contribution in [0.15, 0.2) is 36.5 Å². The lowest BCUT2D eigenvalue weighted by Crippen LogP contribution is -2.29. The van der Waals surface area contributed by atoms with Gasteiger partial charge >= 0.3 is 6.09 Å². The van der Waals surface area contributed by atoms with Crippen LogP contribution in [0.3, 0.4) is 0 Å². The van der Waals surface area contributed by atoms with E-state index in [4.69, 9.17) is 14.5 Å². The summed E-state index contributed by atoms with van der Waals surface area (Å²) in [5, 5.41) is 31.8. The first-order valence-corrected chi connectivity index (χ1v) is 15.7. The molecule has 37 heavy (non-hydrogen) atoms. The molecule has 0 aliphatic carbocycles. The van der Waals surface area contributed by atoms with Crippen LogP contribution in [0.1, 0.15) is 29.4 Å². The van der Waals surface area contributed by atoms with Gasteiger partial charge < -0.3 is 24.3 Å². The van der Waals surface area contributed by atoms with Gasteiger partial charge in [-0.2, -0.15) is 5.26 Å². The van der Waals surface area contributed by atoms with Crippen molar-refractivity contribution in [1.29, 1.82) is 5.26 Å². The molecule has 0 saturated heterocycles. The summed E-state index contributed by atoms with van der Waals surface area (Å²) in [5.41, 5.74) is 1.58. The van der Waals surface area contributed by atoms with E-state index in [1.54, 1.807) is 48.7 Å². The van der Waals surface area contributed by atoms with Gasteiger partial charge in [0.05, 0.1) is 35.3 Å². The summed E-state index contributed by atoms with van der Waals surface area (Å²) >= 11 is 0. The van der Waals surface area contributed by atoms with E-state index in [0.29, 0.717) is 56.8 Å². The van der Waals surface area contributed by atoms with E-state index in [-0.39, 0.29) is 6.73 Å². The zero-order chi connectivity index (χ0) is 27.1. The molecule has 0 aliphatic rings. The Morgan fingerprint density at radius 3 is 2.59 bits per heavy atom. The lowest BCUT2D eigenvalue weighted by Gasteiger charge is -2.28. The van der Waals surface area contributed by atoms with Crippen molar-refractivity contribution in [2.45, 2.75) is 51.9 Å². The molecular formula is C27H32N4O5Si. The molecule has 0 amide bonds. The molecule has 2 aromatic heterocycles. The number of ether oxygens (including phenoxy) is 2. The van der Waals surface area contributed by atoms with Gasteiger partial charge in [-0.15, -0.1) is 0 Å². The molecule has 0 fully saturated rings. The predicted molar refractivity (Wildman–Crippen MR) is 144 cm³/mol. The fourth-order valence-electron chi connectivity index (χ4n) is 4.68. The number of aromatic nitrogens is 3. The monoisotopic (exact) mass is 520 g/mol. The Bertz CT molecular complexity index is 1540. The zero-order valence-corrected chi connectivity index (χ0v) is 23.0. The Kier molecular flexibility index (Phi) is 6.90. The Morgan fingerprint density at radius 2 is 1.97 bits per heavy atom. The molecule has 2 N–H and O–H groups in total. The van der Waals surface area contributed by atoms with Gasteiger partial charge in [-0.1, -0.05) is 19.6 Å². The number of methoxy groups -OCH3 is 1. The maximum Gasteiger partial charge on any atom is 0.416 e. The largest absolute Gasteiger partial charge is 0.496 e. The maximum absolute atomic E-state index is 12.2. The number of carbonyl (C=O) groups is 1. The summed E-state index contributed by atoms with van der Waals surface area (Å²) in [6, 6.07) is 11.7. The van der Waals surface area contributed by atoms with E-state index in [0.717, 1.165) is 10.6 Å². The third kappa shape index (κ3) is 4.85. The molecule has 0 saturated carbocycles. The van der Waals surface area contributed by atoms with E-state index in [1.807, 2.05) is 0 Å². The van der Waals surface area contributed by atoms with Crippen LogP contribution in [0.5, 0.6) is 5.75 Å². The van der Waals surface area contributed by atoms with Crippen LogP contribution < -0.4 is 4.74 Å². The molecule has 10 heteroatoms. The second-order valence-corrected chi connectivity index (χ2v) is 16.2. The van der Waals surface area contributed by atoms with Crippen molar-refractivity contribution >= 4 is 36.1 Å². The van der Waals surface area contributed by atoms with Gasteiger partial charge in [0.15, 0.2) is 0 Å². The number of imidazole rings is 1. The lowest BCUT2D eigenvalue weighted by molar-refractivity contribution is 0.0558. The van der Waals surface area contributed by atoms with Crippen LogP contribution in [0.25, 0.3) is 21.9 Å². The highest BCUT2D eigenvalue weighted by molar-refractivity contribution is 6.76. The summed E-state index contributed by atoms with van der Waals surface area (Å²) in [6.45, 7) is 11.0. The average Bonchev–Trinajstić information content (AvgIpc) is 3.43. The lowest BCUT2D eigenvalue weighted by atomic mass is 9.89. The molecule has 4 rings (SSSR count). The van der Waals surface area contributed by atoms with E-state index < -0.39 is 19.8 Å². The van der Waals surface area contributed by atoms with E-state index >= 15 is 0 Å². The van der Waals surface area contributed by atoms with Gasteiger partial charge in [-0.05, 0) is 55.8 Å². The van der Waals surface area contributed by atoms with Crippen molar-refractivity contribution in [2.75, 3.05) is 13.7 Å². The normalized spacial score (nSPS) is 13.6. The van der Waals surface area contributed by atoms with Gasteiger partial charge in [-0.3, -0.25) is 4.57 Å². The van der Waals surface area contributed by atoms with Crippen molar-refractivity contribution in [3.05, 3.63) is 59.0 Å². The van der Waals surface area contributed by atoms with Crippen LogP contribution in [0, 0.1) is 18.3 Å². The molecule has 194 valence electrons. The zero-order valence-electron chi connectivity index (χ0n) is 22.0. The fraction of sp³-hybridized carbons (Fsp3) is 0.370. The number of hydrogen-bond acceptors (Lipinski definition) is 6. The van der Waals surface area contributed by atoms with Crippen LogP contribution in [0.2, 0.25) is 25.7 Å². The minimum absolute atomic E-state index is 0.159. The summed E-state index contributed by atoms with van der Waals surface area (Å²) < 4.78 is 14.7. The Balaban J connectivity index is 1.93. The second-order valence-electron chi connectivity index (χ2n) is 10.6. The standard InChI is InChI=1S/C27H32N4O5Si/c1-17-13-22(35-3)23(19-9-10-30(24(17)19)26(32)33)27(2,34)25-29-20-14-18(15-28)7-8-21(20)31(25)16-36-11-12-37(4,5)6/h7-10,13-14,34H,11-12,16H2,1-6H3,(H,32,33). The summed E-state index contributed by atoms with van der Waals surface area (Å²) in [5.74, 6) is 0.714. The summed E-state index contributed by atoms with van der Waals surface area (Å²) in [4.78, 5) is 16.6. The summed E-state index contributed by atoms with van der Waals surface area (Å²) in [7, 11) is 0.204. The molecule has 1 unspecified atom stereocenters. The molecular weight excluding hydrogens is 488 g/mol. The maximum atomic E-state index is 12.2. The highest BCUT2D eigenvalue weighted by atomic mass is 28.3. The highest BCUT2D eigenvalue weighted by Crippen LogP contribution is 2.42. The topological polar surface area (TPSA) is 123 Å². The first kappa shape index (κ1) is 26.4. The minimum atomic E-state index is -1.70. The number of nitrogens with zero attached hydrogens (tertiary/aromatic N) is 4. The predicted octanol–water partition coefficient (Wildman–Crippen LogP) is 5.27. The number of nitriles is 1. The SMILES string of the molecule is COc1cc(C)c2c(ccn2C(=O)O)c1C(C)(O)c1nc2cc(C#N)ccc2n1COCC[Si](C)(C)C. The third-order valence-electron chi connectivity index (χ3n) is 6.57. The van der Waals surface area contributed by atoms with Crippen LogP contribution in [-0.4, -0.2) is 52.2 Å². The fourth-order valence-corrected chi connectivity index (χ4v) is 5.43. The molecule has 0 aliphatic heterocycles. The number of benzene rings is 2. The quantitative estimate of drug-likeness (QED) is 0.239. The second kappa shape index (κ2) is 9.66. The van der Waals surface area contributed by atoms with E-state index in [2.05, 4.69) is 25.7 Å². The van der Waals surface area contributed by atoms with Crippen LogP contribution >= 0.6 is 0 Å². The number of fused-ring (bicyclic) bond motifs is 2. The number of carboxylic acid groups (broad SMARTS) is 1. The highest BCUT2D eigenvalue weighted by Gasteiger charge is 2.37. The van der Waals surface area contributed by atoms with Crippen molar-refractivity contribution < 1.29 is 24.5 Å². The average molecular weight is 521 g/mol. The molecule has 2 aromatic carbocycles. The van der Waals surface area contributed by atoms with E-state index in [1.165, 1.54) is 13.3 Å². The van der Waals surface area contributed by atoms with Crippen molar-refractivity contribution in [1.82, 2.24) is 14.1 Å². The van der Waals surface area contributed by atoms with Crippen molar-refractivity contribution in [3.8, 4) is 11.8 Å². The molecule has 4 aromatic rings. The van der Waals surface area contributed by atoms with Gasteiger partial charge in [0.1, 0.15) is 23.9 Å². The van der Waals surface area contributed by atoms with Gasteiger partial charge in [0.25, 0.3) is 0 Å². The van der Waals surface area contributed by atoms with Crippen LogP contribution in [0.4, 0.5) is 4.79 Å².